The highest BCUT2D eigenvalue weighted by Crippen LogP contribution is 2.16. The maximum absolute atomic E-state index is 12.0. The van der Waals surface area contributed by atoms with Gasteiger partial charge in [0.15, 0.2) is 5.78 Å². The topological polar surface area (TPSA) is 37.3 Å². The number of carbonyl (C=O) groups excluding carboxylic acids is 1. The van der Waals surface area contributed by atoms with Gasteiger partial charge >= 0.3 is 0 Å². The minimum absolute atomic E-state index is 0.212. The largest absolute Gasteiger partial charge is 0.382 e. The van der Waals surface area contributed by atoms with Crippen LogP contribution < -0.4 is 0 Å². The number of hydrogen-bond donors (Lipinski definition) is 1. The monoisotopic (exact) mass is 416 g/mol. The molecule has 0 fully saturated rings. The molecule has 2 nitrogen and oxygen atoms in total. The van der Waals surface area contributed by atoms with Crippen LogP contribution in [-0.4, -0.2) is 16.5 Å². The third-order valence-corrected chi connectivity index (χ3v) is 6.09. The van der Waals surface area contributed by atoms with E-state index in [2.05, 4.69) is 6.92 Å². The third-order valence-electron chi connectivity index (χ3n) is 6.09. The standard InChI is InChI=1S/C28H48O2/c1-4-5-6-7-8-9-10-11-12-13-14-15-16-17-18-19-20-25-21-23-26(24-22-25)27(29)28(2,3)30/h21-24,30H,4-20H2,1-3H3. The van der Waals surface area contributed by atoms with E-state index in [9.17, 15) is 9.90 Å². The molecule has 0 aliphatic heterocycles. The lowest BCUT2D eigenvalue weighted by Gasteiger charge is -2.15. The first-order chi connectivity index (χ1) is 14.4. The van der Waals surface area contributed by atoms with Gasteiger partial charge in [-0.2, -0.15) is 0 Å². The second-order valence-corrected chi connectivity index (χ2v) is 9.64. The molecule has 0 heterocycles. The van der Waals surface area contributed by atoms with Crippen molar-refractivity contribution in [3.8, 4) is 0 Å². The van der Waals surface area contributed by atoms with Crippen molar-refractivity contribution in [2.45, 2.75) is 136 Å². The molecule has 0 amide bonds. The first-order valence-electron chi connectivity index (χ1n) is 12.8. The zero-order valence-electron chi connectivity index (χ0n) is 20.2. The summed E-state index contributed by atoms with van der Waals surface area (Å²) >= 11 is 0. The van der Waals surface area contributed by atoms with Gasteiger partial charge in [0, 0.05) is 5.56 Å². The van der Waals surface area contributed by atoms with Crippen LogP contribution in [0.2, 0.25) is 0 Å². The molecule has 0 saturated heterocycles. The summed E-state index contributed by atoms with van der Waals surface area (Å²) in [6.45, 7) is 5.37. The number of aliphatic hydroxyl groups is 1. The number of rotatable bonds is 19. The van der Waals surface area contributed by atoms with Crippen LogP contribution in [0.25, 0.3) is 0 Å². The SMILES string of the molecule is CCCCCCCCCCCCCCCCCCc1ccc(C(=O)C(C)(C)O)cc1. The Hall–Kier alpha value is -1.15. The molecule has 0 atom stereocenters. The predicted molar refractivity (Wildman–Crippen MR) is 130 cm³/mol. The van der Waals surface area contributed by atoms with Crippen LogP contribution in [0.4, 0.5) is 0 Å². The van der Waals surface area contributed by atoms with Gasteiger partial charge in [-0.15, -0.1) is 0 Å². The number of unbranched alkanes of at least 4 members (excludes halogenated alkanes) is 15. The van der Waals surface area contributed by atoms with Crippen LogP contribution in [0.3, 0.4) is 0 Å². The molecular formula is C28H48O2. The number of ketones is 1. The Morgan fingerprint density at radius 2 is 1.03 bits per heavy atom. The van der Waals surface area contributed by atoms with E-state index >= 15 is 0 Å². The predicted octanol–water partition coefficient (Wildman–Crippen LogP) is 8.44. The molecule has 1 rings (SSSR count). The molecule has 1 aromatic rings. The highest BCUT2D eigenvalue weighted by atomic mass is 16.3. The lowest BCUT2D eigenvalue weighted by atomic mass is 9.95. The quantitative estimate of drug-likeness (QED) is 0.181. The Labute approximate surface area is 186 Å². The lowest BCUT2D eigenvalue weighted by Crippen LogP contribution is -2.31. The van der Waals surface area contributed by atoms with Crippen LogP contribution in [0.5, 0.6) is 0 Å². The molecule has 0 aromatic heterocycles. The third kappa shape index (κ3) is 13.2. The first-order valence-corrected chi connectivity index (χ1v) is 12.8. The Balaban J connectivity index is 1.91. The van der Waals surface area contributed by atoms with E-state index in [1.165, 1.54) is 108 Å². The van der Waals surface area contributed by atoms with Gasteiger partial charge in [-0.1, -0.05) is 128 Å². The van der Waals surface area contributed by atoms with Crippen LogP contribution in [-0.2, 0) is 6.42 Å². The van der Waals surface area contributed by atoms with E-state index in [1.54, 1.807) is 13.8 Å². The second kappa shape index (κ2) is 16.5. The summed E-state index contributed by atoms with van der Waals surface area (Å²) in [5.41, 5.74) is 0.584. The van der Waals surface area contributed by atoms with Gasteiger partial charge in [0.25, 0.3) is 0 Å². The first kappa shape index (κ1) is 26.9. The van der Waals surface area contributed by atoms with Crippen molar-refractivity contribution >= 4 is 5.78 Å². The molecule has 0 spiro atoms. The van der Waals surface area contributed by atoms with E-state index < -0.39 is 5.60 Å². The van der Waals surface area contributed by atoms with Crippen molar-refractivity contribution in [2.24, 2.45) is 0 Å². The van der Waals surface area contributed by atoms with E-state index in [1.807, 2.05) is 24.3 Å². The van der Waals surface area contributed by atoms with Crippen molar-refractivity contribution in [3.05, 3.63) is 35.4 Å². The number of hydrogen-bond acceptors (Lipinski definition) is 2. The van der Waals surface area contributed by atoms with Gasteiger partial charge in [-0.05, 0) is 32.3 Å². The lowest BCUT2D eigenvalue weighted by molar-refractivity contribution is 0.0488. The Morgan fingerprint density at radius 3 is 1.40 bits per heavy atom. The molecule has 0 unspecified atom stereocenters. The number of Topliss-reactive ketones (excluding diaryl/α,β-unsaturated/α-hetero) is 1. The van der Waals surface area contributed by atoms with Crippen molar-refractivity contribution in [2.75, 3.05) is 0 Å². The average Bonchev–Trinajstić information content (AvgIpc) is 2.72. The number of carbonyl (C=O) groups is 1. The number of aryl methyl sites for hydroxylation is 1. The zero-order chi connectivity index (χ0) is 22.1. The molecular weight excluding hydrogens is 368 g/mol. The Bertz CT molecular complexity index is 539. The van der Waals surface area contributed by atoms with Gasteiger partial charge in [-0.25, -0.2) is 0 Å². The Kier molecular flexibility index (Phi) is 14.8. The molecule has 30 heavy (non-hydrogen) atoms. The molecule has 0 aliphatic carbocycles. The van der Waals surface area contributed by atoms with Crippen molar-refractivity contribution in [1.29, 1.82) is 0 Å². The smallest absolute Gasteiger partial charge is 0.193 e. The van der Waals surface area contributed by atoms with Gasteiger partial charge in [-0.3, -0.25) is 4.79 Å². The van der Waals surface area contributed by atoms with Gasteiger partial charge in [0.1, 0.15) is 5.60 Å². The molecule has 0 aliphatic rings. The van der Waals surface area contributed by atoms with Crippen LogP contribution in [0.1, 0.15) is 139 Å². The summed E-state index contributed by atoms with van der Waals surface area (Å²) in [4.78, 5) is 12.0. The zero-order valence-corrected chi connectivity index (χ0v) is 20.2. The summed E-state index contributed by atoms with van der Waals surface area (Å²) in [5.74, 6) is -0.212. The Morgan fingerprint density at radius 1 is 0.667 bits per heavy atom. The molecule has 1 N–H and O–H groups in total. The van der Waals surface area contributed by atoms with Gasteiger partial charge < -0.3 is 5.11 Å². The van der Waals surface area contributed by atoms with Crippen molar-refractivity contribution in [3.63, 3.8) is 0 Å². The minimum atomic E-state index is -1.30. The van der Waals surface area contributed by atoms with E-state index in [-0.39, 0.29) is 5.78 Å². The highest BCUT2D eigenvalue weighted by molar-refractivity contribution is 6.01. The maximum Gasteiger partial charge on any atom is 0.193 e. The summed E-state index contributed by atoms with van der Waals surface area (Å²) in [5, 5.41) is 9.82. The molecule has 172 valence electrons. The van der Waals surface area contributed by atoms with E-state index in [0.29, 0.717) is 5.56 Å². The fourth-order valence-electron chi connectivity index (χ4n) is 4.05. The molecule has 2 heteroatoms. The summed E-state index contributed by atoms with van der Waals surface area (Å²) in [6.07, 6.45) is 23.4. The fourth-order valence-corrected chi connectivity index (χ4v) is 4.05. The maximum atomic E-state index is 12.0. The molecule has 0 bridgehead atoms. The minimum Gasteiger partial charge on any atom is -0.382 e. The van der Waals surface area contributed by atoms with Crippen LogP contribution in [0, 0.1) is 0 Å². The molecule has 1 aromatic carbocycles. The van der Waals surface area contributed by atoms with Gasteiger partial charge in [0.05, 0.1) is 0 Å². The summed E-state index contributed by atoms with van der Waals surface area (Å²) in [7, 11) is 0. The van der Waals surface area contributed by atoms with Crippen molar-refractivity contribution < 1.29 is 9.90 Å². The van der Waals surface area contributed by atoms with E-state index in [4.69, 9.17) is 0 Å². The van der Waals surface area contributed by atoms with Crippen molar-refractivity contribution in [1.82, 2.24) is 0 Å². The summed E-state index contributed by atoms with van der Waals surface area (Å²) in [6, 6.07) is 7.76. The number of benzene rings is 1. The van der Waals surface area contributed by atoms with E-state index in [0.717, 1.165) is 6.42 Å². The molecule has 0 saturated carbocycles. The highest BCUT2D eigenvalue weighted by Gasteiger charge is 2.24. The molecule has 0 radical (unpaired) electrons. The summed E-state index contributed by atoms with van der Waals surface area (Å²) < 4.78 is 0. The second-order valence-electron chi connectivity index (χ2n) is 9.64. The fraction of sp³-hybridized carbons (Fsp3) is 0.750. The average molecular weight is 417 g/mol. The van der Waals surface area contributed by atoms with Crippen LogP contribution in [0.15, 0.2) is 24.3 Å². The van der Waals surface area contributed by atoms with Gasteiger partial charge in [0.2, 0.25) is 0 Å². The van der Waals surface area contributed by atoms with Crippen LogP contribution >= 0.6 is 0 Å². The normalized spacial score (nSPS) is 11.7.